The second-order valence-corrected chi connectivity index (χ2v) is 6.43. The van der Waals surface area contributed by atoms with Crippen LogP contribution in [0.25, 0.3) is 0 Å². The van der Waals surface area contributed by atoms with Gasteiger partial charge < -0.3 is 10.0 Å². The van der Waals surface area contributed by atoms with E-state index in [1.165, 1.54) is 0 Å². The second-order valence-electron chi connectivity index (χ2n) is 6.43. The Balaban J connectivity index is 2.14. The number of carboxylic acid groups (broad SMARTS) is 1. The lowest BCUT2D eigenvalue weighted by Crippen LogP contribution is -2.45. The molecular weight excluding hydrogens is 266 g/mol. The zero-order chi connectivity index (χ0) is 15.5. The Kier molecular flexibility index (Phi) is 4.80. The van der Waals surface area contributed by atoms with Gasteiger partial charge in [0.1, 0.15) is 12.1 Å². The van der Waals surface area contributed by atoms with E-state index in [1.54, 1.807) is 6.33 Å². The fourth-order valence-electron chi connectivity index (χ4n) is 2.90. The highest BCUT2D eigenvalue weighted by molar-refractivity contribution is 5.74. The predicted octanol–water partition coefficient (Wildman–Crippen LogP) is 2.76. The van der Waals surface area contributed by atoms with Crippen molar-refractivity contribution in [3.8, 4) is 0 Å². The molecule has 1 aliphatic heterocycles. The van der Waals surface area contributed by atoms with Gasteiger partial charge in [-0.1, -0.05) is 13.3 Å². The van der Waals surface area contributed by atoms with E-state index in [2.05, 4.69) is 21.8 Å². The number of nitrogens with zero attached hydrogens (tertiary/aromatic N) is 3. The first kappa shape index (κ1) is 15.7. The summed E-state index contributed by atoms with van der Waals surface area (Å²) in [6.07, 6.45) is 5.60. The van der Waals surface area contributed by atoms with Crippen molar-refractivity contribution < 1.29 is 9.90 Å². The van der Waals surface area contributed by atoms with Gasteiger partial charge in [-0.15, -0.1) is 0 Å². The number of anilines is 1. The van der Waals surface area contributed by atoms with E-state index in [0.717, 1.165) is 50.3 Å². The van der Waals surface area contributed by atoms with Crippen molar-refractivity contribution in [3.63, 3.8) is 0 Å². The fourth-order valence-corrected chi connectivity index (χ4v) is 2.90. The van der Waals surface area contributed by atoms with E-state index >= 15 is 0 Å². The molecule has 0 aliphatic carbocycles. The zero-order valence-corrected chi connectivity index (χ0v) is 13.2. The van der Waals surface area contributed by atoms with Crippen LogP contribution < -0.4 is 4.90 Å². The Hall–Kier alpha value is -1.65. The van der Waals surface area contributed by atoms with Crippen molar-refractivity contribution in [3.05, 3.63) is 18.1 Å². The Morgan fingerprint density at radius 2 is 2.24 bits per heavy atom. The van der Waals surface area contributed by atoms with E-state index in [-0.39, 0.29) is 5.92 Å². The molecule has 1 aromatic rings. The number of carboxylic acids is 1. The Bertz CT molecular complexity index is 502. The highest BCUT2D eigenvalue weighted by atomic mass is 16.4. The van der Waals surface area contributed by atoms with Crippen LogP contribution in [-0.4, -0.2) is 34.1 Å². The van der Waals surface area contributed by atoms with Crippen LogP contribution in [0, 0.1) is 11.3 Å². The molecular formula is C16H25N3O2. The number of piperidine rings is 1. The van der Waals surface area contributed by atoms with E-state index in [9.17, 15) is 9.90 Å². The minimum atomic E-state index is -0.719. The molecule has 5 nitrogen and oxygen atoms in total. The lowest BCUT2D eigenvalue weighted by Gasteiger charge is -2.39. The third kappa shape index (κ3) is 3.52. The number of hydrogen-bond acceptors (Lipinski definition) is 4. The first-order valence-electron chi connectivity index (χ1n) is 7.74. The molecule has 1 N–H and O–H groups in total. The van der Waals surface area contributed by atoms with Crippen LogP contribution in [0.15, 0.2) is 12.4 Å². The minimum Gasteiger partial charge on any atom is -0.481 e. The summed E-state index contributed by atoms with van der Waals surface area (Å²) in [5.41, 5.74) is 0.361. The molecule has 1 atom stereocenters. The maximum atomic E-state index is 11.5. The number of aryl methyl sites for hydroxylation is 1. The van der Waals surface area contributed by atoms with Crippen molar-refractivity contribution in [2.75, 3.05) is 18.0 Å². The quantitative estimate of drug-likeness (QED) is 0.903. The van der Waals surface area contributed by atoms with Crippen LogP contribution in [0.3, 0.4) is 0 Å². The lowest BCUT2D eigenvalue weighted by atomic mass is 9.74. The third-order valence-electron chi connectivity index (χ3n) is 4.53. The summed E-state index contributed by atoms with van der Waals surface area (Å²) in [6.45, 7) is 7.47. The molecule has 1 saturated heterocycles. The monoisotopic (exact) mass is 291 g/mol. The molecule has 1 aliphatic rings. The topological polar surface area (TPSA) is 66.3 Å². The van der Waals surface area contributed by atoms with E-state index < -0.39 is 11.4 Å². The molecule has 1 unspecified atom stereocenters. The lowest BCUT2D eigenvalue weighted by molar-refractivity contribution is -0.150. The Labute approximate surface area is 126 Å². The standard InChI is InChI=1S/C16H25N3O2/c1-4-6-13-9-14(18-11-17-13)19-8-5-7-12(10-19)16(2,3)15(20)21/h9,11-12H,4-8,10H2,1-3H3,(H,20,21). The van der Waals surface area contributed by atoms with Crippen LogP contribution in [0.5, 0.6) is 0 Å². The van der Waals surface area contributed by atoms with Gasteiger partial charge in [0.05, 0.1) is 5.41 Å². The van der Waals surface area contributed by atoms with Gasteiger partial charge >= 0.3 is 5.97 Å². The summed E-state index contributed by atoms with van der Waals surface area (Å²) in [6, 6.07) is 2.04. The molecule has 0 aromatic carbocycles. The van der Waals surface area contributed by atoms with Crippen LogP contribution in [0.4, 0.5) is 5.82 Å². The fraction of sp³-hybridized carbons (Fsp3) is 0.688. The average molecular weight is 291 g/mol. The highest BCUT2D eigenvalue weighted by Crippen LogP contribution is 2.35. The summed E-state index contributed by atoms with van der Waals surface area (Å²) in [4.78, 5) is 22.3. The predicted molar refractivity (Wildman–Crippen MR) is 82.4 cm³/mol. The molecule has 116 valence electrons. The molecule has 0 saturated carbocycles. The van der Waals surface area contributed by atoms with Gasteiger partial charge in [0.15, 0.2) is 0 Å². The molecule has 1 fully saturated rings. The van der Waals surface area contributed by atoms with E-state index in [0.29, 0.717) is 0 Å². The molecule has 2 rings (SSSR count). The van der Waals surface area contributed by atoms with Crippen LogP contribution in [0.1, 0.15) is 45.7 Å². The number of hydrogen-bond donors (Lipinski definition) is 1. The van der Waals surface area contributed by atoms with Gasteiger partial charge in [-0.3, -0.25) is 4.79 Å². The van der Waals surface area contributed by atoms with Crippen molar-refractivity contribution >= 4 is 11.8 Å². The van der Waals surface area contributed by atoms with Crippen molar-refractivity contribution in [1.82, 2.24) is 9.97 Å². The smallest absolute Gasteiger partial charge is 0.309 e. The molecule has 0 amide bonds. The molecule has 0 radical (unpaired) electrons. The number of aliphatic carboxylic acids is 1. The highest BCUT2D eigenvalue weighted by Gasteiger charge is 2.39. The summed E-state index contributed by atoms with van der Waals surface area (Å²) in [7, 11) is 0. The molecule has 1 aromatic heterocycles. The maximum absolute atomic E-state index is 11.5. The Morgan fingerprint density at radius 3 is 2.90 bits per heavy atom. The summed E-state index contributed by atoms with van der Waals surface area (Å²) in [5.74, 6) is 0.358. The van der Waals surface area contributed by atoms with Crippen LogP contribution in [-0.2, 0) is 11.2 Å². The van der Waals surface area contributed by atoms with Gasteiger partial charge in [-0.05, 0) is 39.0 Å². The molecule has 2 heterocycles. The summed E-state index contributed by atoms with van der Waals surface area (Å²) in [5, 5.41) is 9.42. The largest absolute Gasteiger partial charge is 0.481 e. The zero-order valence-electron chi connectivity index (χ0n) is 13.2. The molecule has 21 heavy (non-hydrogen) atoms. The SMILES string of the molecule is CCCc1cc(N2CCCC(C(C)(C)C(=O)O)C2)ncn1. The minimum absolute atomic E-state index is 0.147. The number of rotatable bonds is 5. The van der Waals surface area contributed by atoms with Crippen molar-refractivity contribution in [2.45, 2.75) is 46.5 Å². The van der Waals surface area contributed by atoms with Gasteiger partial charge in [0.25, 0.3) is 0 Å². The van der Waals surface area contributed by atoms with E-state index in [1.807, 2.05) is 19.9 Å². The maximum Gasteiger partial charge on any atom is 0.309 e. The molecule has 5 heteroatoms. The first-order valence-corrected chi connectivity index (χ1v) is 7.74. The van der Waals surface area contributed by atoms with Gasteiger partial charge in [-0.25, -0.2) is 9.97 Å². The number of carbonyl (C=O) groups is 1. The Morgan fingerprint density at radius 1 is 1.48 bits per heavy atom. The number of aromatic nitrogens is 2. The van der Waals surface area contributed by atoms with Gasteiger partial charge in [0, 0.05) is 24.8 Å². The summed E-state index contributed by atoms with van der Waals surface area (Å²) < 4.78 is 0. The van der Waals surface area contributed by atoms with Crippen LogP contribution >= 0.6 is 0 Å². The molecule has 0 bridgehead atoms. The van der Waals surface area contributed by atoms with Crippen LogP contribution in [0.2, 0.25) is 0 Å². The van der Waals surface area contributed by atoms with Crippen molar-refractivity contribution in [1.29, 1.82) is 0 Å². The van der Waals surface area contributed by atoms with Gasteiger partial charge in [-0.2, -0.15) is 0 Å². The first-order chi connectivity index (χ1) is 9.95. The third-order valence-corrected chi connectivity index (χ3v) is 4.53. The summed E-state index contributed by atoms with van der Waals surface area (Å²) >= 11 is 0. The van der Waals surface area contributed by atoms with Crippen molar-refractivity contribution in [2.24, 2.45) is 11.3 Å². The normalized spacial score (nSPS) is 19.6. The second kappa shape index (κ2) is 6.41. The molecule has 0 spiro atoms. The van der Waals surface area contributed by atoms with E-state index in [4.69, 9.17) is 0 Å². The average Bonchev–Trinajstić information content (AvgIpc) is 2.48. The van der Waals surface area contributed by atoms with Gasteiger partial charge in [0.2, 0.25) is 0 Å².